The van der Waals surface area contributed by atoms with Crippen molar-refractivity contribution in [1.82, 2.24) is 10.2 Å². The molecule has 0 spiro atoms. The zero-order chi connectivity index (χ0) is 17.2. The second kappa shape index (κ2) is 6.93. The molecule has 130 valence electrons. The summed E-state index contributed by atoms with van der Waals surface area (Å²) in [5, 5.41) is 2.62. The highest BCUT2D eigenvalue weighted by molar-refractivity contribution is 5.86. The maximum atomic E-state index is 12.7. The van der Waals surface area contributed by atoms with Gasteiger partial charge >= 0.3 is 0 Å². The average Bonchev–Trinajstić information content (AvgIpc) is 2.61. The Labute approximate surface area is 143 Å². The largest absolute Gasteiger partial charge is 0.362 e. The number of likely N-dealkylation sites (N-methyl/N-ethyl adjacent to an activating group) is 1. The number of rotatable bonds is 3. The number of hydrogen-bond donors (Lipinski definition) is 1. The summed E-state index contributed by atoms with van der Waals surface area (Å²) in [7, 11) is 1.59. The van der Waals surface area contributed by atoms with Crippen LogP contribution in [-0.2, 0) is 33.6 Å². The number of benzene rings is 1. The molecule has 1 atom stereocenters. The second-order valence-electron chi connectivity index (χ2n) is 6.96. The molecule has 1 aliphatic heterocycles. The summed E-state index contributed by atoms with van der Waals surface area (Å²) in [6.45, 7) is 2.97. The Kier molecular flexibility index (Phi) is 4.90. The summed E-state index contributed by atoms with van der Waals surface area (Å²) in [5.41, 5.74) is 2.92. The highest BCUT2D eigenvalue weighted by atomic mass is 16.5. The topological polar surface area (TPSA) is 58.6 Å². The van der Waals surface area contributed by atoms with Gasteiger partial charge < -0.3 is 15.0 Å². The fourth-order valence-electron chi connectivity index (χ4n) is 3.67. The molecule has 2 amide bonds. The van der Waals surface area contributed by atoms with Crippen molar-refractivity contribution in [3.8, 4) is 0 Å². The van der Waals surface area contributed by atoms with E-state index in [0.29, 0.717) is 26.1 Å². The van der Waals surface area contributed by atoms with E-state index in [1.165, 1.54) is 24.0 Å². The number of nitrogens with zero attached hydrogens (tertiary/aromatic N) is 1. The molecule has 0 bridgehead atoms. The summed E-state index contributed by atoms with van der Waals surface area (Å²) in [6, 6.07) is 6.43. The van der Waals surface area contributed by atoms with Crippen molar-refractivity contribution in [2.75, 3.05) is 26.7 Å². The molecule has 5 heteroatoms. The zero-order valence-electron chi connectivity index (χ0n) is 14.6. The first kappa shape index (κ1) is 17.0. The first-order valence-electron chi connectivity index (χ1n) is 8.76. The van der Waals surface area contributed by atoms with E-state index >= 15 is 0 Å². The molecule has 0 radical (unpaired) electrons. The van der Waals surface area contributed by atoms with Crippen LogP contribution in [0.15, 0.2) is 18.2 Å². The third kappa shape index (κ3) is 3.46. The average molecular weight is 330 g/mol. The first-order chi connectivity index (χ1) is 11.5. The van der Waals surface area contributed by atoms with Crippen molar-refractivity contribution in [3.05, 3.63) is 34.9 Å². The third-order valence-electron chi connectivity index (χ3n) is 5.10. The van der Waals surface area contributed by atoms with Crippen LogP contribution >= 0.6 is 0 Å². The van der Waals surface area contributed by atoms with Gasteiger partial charge in [0, 0.05) is 13.6 Å². The van der Waals surface area contributed by atoms with Crippen LogP contribution in [0.5, 0.6) is 0 Å². The van der Waals surface area contributed by atoms with Gasteiger partial charge in [-0.2, -0.15) is 0 Å². The molecule has 2 aliphatic rings. The molecule has 24 heavy (non-hydrogen) atoms. The van der Waals surface area contributed by atoms with E-state index in [1.807, 2.05) is 0 Å². The van der Waals surface area contributed by atoms with Gasteiger partial charge in [-0.15, -0.1) is 0 Å². The fraction of sp³-hybridized carbons (Fsp3) is 0.579. The number of carbonyl (C=O) groups excluding carboxylic acids is 2. The van der Waals surface area contributed by atoms with Crippen molar-refractivity contribution in [1.29, 1.82) is 0 Å². The van der Waals surface area contributed by atoms with Crippen LogP contribution in [0.3, 0.4) is 0 Å². The van der Waals surface area contributed by atoms with Gasteiger partial charge in [-0.1, -0.05) is 18.2 Å². The number of fused-ring (bicyclic) bond motifs is 1. The molecule has 1 N–H and O–H groups in total. The Bertz CT molecular complexity index is 643. The smallest absolute Gasteiger partial charge is 0.253 e. The summed E-state index contributed by atoms with van der Waals surface area (Å²) in [5.74, 6) is -0.127. The Hall–Kier alpha value is -1.88. The number of aryl methyl sites for hydroxylation is 2. The van der Waals surface area contributed by atoms with Crippen LogP contribution in [0.25, 0.3) is 0 Å². The molecular formula is C19H26N2O3. The Morgan fingerprint density at radius 1 is 1.25 bits per heavy atom. The molecule has 5 nitrogen and oxygen atoms in total. The molecule has 0 saturated carbocycles. The van der Waals surface area contributed by atoms with Gasteiger partial charge in [-0.3, -0.25) is 9.59 Å². The summed E-state index contributed by atoms with van der Waals surface area (Å²) in [6.07, 6.45) is 5.15. The molecule has 3 rings (SSSR count). The van der Waals surface area contributed by atoms with Gasteiger partial charge in [0.05, 0.1) is 19.6 Å². The van der Waals surface area contributed by atoms with E-state index in [2.05, 4.69) is 23.5 Å². The maximum absolute atomic E-state index is 12.7. The van der Waals surface area contributed by atoms with Crippen LogP contribution < -0.4 is 5.32 Å². The van der Waals surface area contributed by atoms with E-state index in [4.69, 9.17) is 4.74 Å². The lowest BCUT2D eigenvalue weighted by molar-refractivity contribution is -0.162. The highest BCUT2D eigenvalue weighted by Crippen LogP contribution is 2.23. The van der Waals surface area contributed by atoms with Crippen molar-refractivity contribution in [2.45, 2.75) is 44.6 Å². The minimum atomic E-state index is -0.960. The number of ether oxygens (including phenoxy) is 1. The van der Waals surface area contributed by atoms with E-state index in [-0.39, 0.29) is 11.8 Å². The summed E-state index contributed by atoms with van der Waals surface area (Å²) in [4.78, 5) is 26.4. The molecule has 1 aliphatic carbocycles. The predicted molar refractivity (Wildman–Crippen MR) is 91.8 cm³/mol. The second-order valence-corrected chi connectivity index (χ2v) is 6.96. The van der Waals surface area contributed by atoms with E-state index in [0.717, 1.165) is 18.4 Å². The van der Waals surface area contributed by atoms with E-state index < -0.39 is 5.60 Å². The minimum absolute atomic E-state index is 0.0594. The van der Waals surface area contributed by atoms with Gasteiger partial charge in [0.2, 0.25) is 5.91 Å². The molecular weight excluding hydrogens is 304 g/mol. The third-order valence-corrected chi connectivity index (χ3v) is 5.10. The van der Waals surface area contributed by atoms with Crippen molar-refractivity contribution in [2.24, 2.45) is 0 Å². The highest BCUT2D eigenvalue weighted by Gasteiger charge is 2.40. The molecule has 1 saturated heterocycles. The van der Waals surface area contributed by atoms with Crippen LogP contribution in [-0.4, -0.2) is 49.1 Å². The Morgan fingerprint density at radius 3 is 2.75 bits per heavy atom. The predicted octanol–water partition coefficient (Wildman–Crippen LogP) is 1.47. The van der Waals surface area contributed by atoms with Crippen LogP contribution in [0, 0.1) is 0 Å². The van der Waals surface area contributed by atoms with Crippen LogP contribution in [0.2, 0.25) is 0 Å². The van der Waals surface area contributed by atoms with Crippen molar-refractivity contribution in [3.63, 3.8) is 0 Å². The first-order valence-corrected chi connectivity index (χ1v) is 8.76. The SMILES string of the molecule is CNC(=O)[C@@]1(C)CN(C(=O)Cc2ccc3c(c2)CCCC3)CCO1. The molecule has 1 aromatic carbocycles. The van der Waals surface area contributed by atoms with Gasteiger partial charge in [0.15, 0.2) is 5.60 Å². The fourth-order valence-corrected chi connectivity index (χ4v) is 3.67. The monoisotopic (exact) mass is 330 g/mol. The molecule has 0 aromatic heterocycles. The lowest BCUT2D eigenvalue weighted by Gasteiger charge is -2.39. The quantitative estimate of drug-likeness (QED) is 0.913. The van der Waals surface area contributed by atoms with Gasteiger partial charge in [0.1, 0.15) is 0 Å². The molecule has 0 unspecified atom stereocenters. The molecule has 1 heterocycles. The number of morpholine rings is 1. The van der Waals surface area contributed by atoms with Gasteiger partial charge in [-0.05, 0) is 49.3 Å². The molecule has 1 fully saturated rings. The van der Waals surface area contributed by atoms with Crippen LogP contribution in [0.1, 0.15) is 36.5 Å². The Balaban J connectivity index is 1.67. The lowest BCUT2D eigenvalue weighted by Crippen LogP contribution is -2.59. The number of carbonyl (C=O) groups is 2. The lowest BCUT2D eigenvalue weighted by atomic mass is 9.90. The van der Waals surface area contributed by atoms with Gasteiger partial charge in [0.25, 0.3) is 5.91 Å². The van der Waals surface area contributed by atoms with Crippen molar-refractivity contribution >= 4 is 11.8 Å². The number of nitrogens with one attached hydrogen (secondary N) is 1. The number of hydrogen-bond acceptors (Lipinski definition) is 3. The van der Waals surface area contributed by atoms with E-state index in [1.54, 1.807) is 18.9 Å². The Morgan fingerprint density at radius 2 is 2.00 bits per heavy atom. The summed E-state index contributed by atoms with van der Waals surface area (Å²) < 4.78 is 5.62. The zero-order valence-corrected chi connectivity index (χ0v) is 14.6. The van der Waals surface area contributed by atoms with E-state index in [9.17, 15) is 9.59 Å². The normalized spacial score (nSPS) is 23.5. The van der Waals surface area contributed by atoms with Crippen molar-refractivity contribution < 1.29 is 14.3 Å². The summed E-state index contributed by atoms with van der Waals surface area (Å²) >= 11 is 0. The van der Waals surface area contributed by atoms with Crippen LogP contribution in [0.4, 0.5) is 0 Å². The standard InChI is InChI=1S/C19H26N2O3/c1-19(18(23)20-2)13-21(9-10-24-19)17(22)12-14-7-8-15-5-3-4-6-16(15)11-14/h7-8,11H,3-6,9-10,12-13H2,1-2H3,(H,20,23)/t19-/m1/s1. The maximum Gasteiger partial charge on any atom is 0.253 e. The number of amides is 2. The minimum Gasteiger partial charge on any atom is -0.362 e. The van der Waals surface area contributed by atoms with Gasteiger partial charge in [-0.25, -0.2) is 0 Å². The molecule has 1 aromatic rings.